The Morgan fingerprint density at radius 2 is 1.94 bits per heavy atom. The van der Waals surface area contributed by atoms with E-state index in [1.54, 1.807) is 13.8 Å². The Labute approximate surface area is 213 Å². The highest BCUT2D eigenvalue weighted by Gasteiger charge is 2.78. The number of carbonyl (C=O) groups is 3. The normalized spacial score (nSPS) is 47.1. The van der Waals surface area contributed by atoms with Gasteiger partial charge in [-0.05, 0) is 62.0 Å². The minimum absolute atomic E-state index is 0.0312. The molecule has 9 atom stereocenters. The first-order valence-corrected chi connectivity index (χ1v) is 12.7. The van der Waals surface area contributed by atoms with Crippen LogP contribution in [0.15, 0.2) is 47.8 Å². The Morgan fingerprint density at radius 3 is 2.58 bits per heavy atom. The molecule has 0 saturated heterocycles. The van der Waals surface area contributed by atoms with Gasteiger partial charge in [0.05, 0.1) is 17.9 Å². The van der Waals surface area contributed by atoms with Crippen LogP contribution in [0.1, 0.15) is 40.0 Å². The smallest absolute Gasteiger partial charge is 0.339 e. The fourth-order valence-electron chi connectivity index (χ4n) is 7.98. The zero-order valence-corrected chi connectivity index (χ0v) is 21.3. The number of alkyl halides is 2. The third-order valence-corrected chi connectivity index (χ3v) is 10.1. The lowest BCUT2D eigenvalue weighted by molar-refractivity contribution is -0.227. The molecular formula is C27H30F2O6S. The summed E-state index contributed by atoms with van der Waals surface area (Å²) in [6.07, 6.45) is 4.67. The molecule has 0 unspecified atom stereocenters. The van der Waals surface area contributed by atoms with Gasteiger partial charge in [0, 0.05) is 22.7 Å². The summed E-state index contributed by atoms with van der Waals surface area (Å²) in [5.74, 6) is -3.30. The van der Waals surface area contributed by atoms with Gasteiger partial charge in [-0.1, -0.05) is 19.9 Å². The summed E-state index contributed by atoms with van der Waals surface area (Å²) in [6, 6.07) is 0. The molecule has 0 aromatic rings. The van der Waals surface area contributed by atoms with Crippen molar-refractivity contribution in [3.05, 3.63) is 47.8 Å². The number of aliphatic hydroxyl groups is 1. The highest BCUT2D eigenvalue weighted by molar-refractivity contribution is 7.96. The van der Waals surface area contributed by atoms with E-state index >= 15 is 8.78 Å². The van der Waals surface area contributed by atoms with Crippen LogP contribution < -0.4 is 0 Å². The van der Waals surface area contributed by atoms with E-state index in [0.29, 0.717) is 0 Å². The van der Waals surface area contributed by atoms with Crippen LogP contribution in [-0.4, -0.2) is 52.1 Å². The molecule has 3 fully saturated rings. The van der Waals surface area contributed by atoms with Crippen LogP contribution in [0.25, 0.3) is 0 Å². The fraction of sp³-hybridized carbons (Fsp3) is 0.593. The first kappa shape index (κ1) is 25.4. The Hall–Kier alpha value is -2.26. The maximum atomic E-state index is 17.3. The van der Waals surface area contributed by atoms with Gasteiger partial charge in [-0.3, -0.25) is 9.59 Å². The van der Waals surface area contributed by atoms with Gasteiger partial charge in [0.1, 0.15) is 12.8 Å². The Morgan fingerprint density at radius 1 is 1.22 bits per heavy atom. The van der Waals surface area contributed by atoms with E-state index < -0.39 is 69.0 Å². The molecule has 194 valence electrons. The fourth-order valence-corrected chi connectivity index (χ4v) is 8.50. The van der Waals surface area contributed by atoms with Crippen molar-refractivity contribution in [2.45, 2.75) is 63.6 Å². The van der Waals surface area contributed by atoms with Gasteiger partial charge in [-0.25, -0.2) is 13.6 Å². The molecule has 0 amide bonds. The molecule has 36 heavy (non-hydrogen) atoms. The van der Waals surface area contributed by atoms with E-state index in [1.165, 1.54) is 37.5 Å². The Kier molecular flexibility index (Phi) is 5.73. The first-order valence-electron chi connectivity index (χ1n) is 12.2. The second-order valence-electron chi connectivity index (χ2n) is 11.2. The van der Waals surface area contributed by atoms with E-state index in [1.807, 2.05) is 0 Å². The number of ether oxygens (including phenoxy) is 2. The third-order valence-electron chi connectivity index (χ3n) is 9.72. The van der Waals surface area contributed by atoms with Crippen molar-refractivity contribution in [2.24, 2.45) is 28.6 Å². The summed E-state index contributed by atoms with van der Waals surface area (Å²) in [5.41, 5.74) is -6.53. The number of ketones is 1. The topological polar surface area (TPSA) is 89.9 Å². The van der Waals surface area contributed by atoms with E-state index in [2.05, 4.69) is 12.6 Å². The zero-order chi connectivity index (χ0) is 26.3. The van der Waals surface area contributed by atoms with E-state index in [-0.39, 0.29) is 37.0 Å². The lowest BCUT2D eigenvalue weighted by atomic mass is 9.44. The molecule has 0 radical (unpaired) electrons. The predicted octanol–water partition coefficient (Wildman–Crippen LogP) is 3.76. The summed E-state index contributed by atoms with van der Waals surface area (Å²) in [6.45, 7) is 5.14. The molecule has 0 spiro atoms. The number of fused-ring (bicyclic) bond motifs is 5. The molecule has 5 aliphatic rings. The van der Waals surface area contributed by atoms with Crippen LogP contribution in [0.4, 0.5) is 8.78 Å². The quantitative estimate of drug-likeness (QED) is 0.435. The predicted molar refractivity (Wildman–Crippen MR) is 129 cm³/mol. The van der Waals surface area contributed by atoms with Crippen LogP contribution in [0, 0.1) is 28.6 Å². The second kappa shape index (κ2) is 8.12. The molecule has 6 nitrogen and oxygen atoms in total. The summed E-state index contributed by atoms with van der Waals surface area (Å²) >= 11 is 4.15. The van der Waals surface area contributed by atoms with Crippen LogP contribution in [-0.2, 0) is 23.9 Å². The number of esters is 1. The number of hydrogen-bond donors (Lipinski definition) is 2. The standard InChI is InChI=1S/C27H30F2O6S/c1-14-10-17-18-12-20(28)19-11-16(30)4-7-24(19,2)26(18,29)21(31)13-25(17,3)27(14,23(33)36)35-22(32)15-5-8-34-9-6-15/h4-8,11,14,17-18,20-21,31H,9-10,12-13H2,1-3H3,(H,33,36)/t14-,17+,18+,20+,21+,24+,25+,26+,27+/m1/s1. The Balaban J connectivity index is 1.60. The highest BCUT2D eigenvalue weighted by Crippen LogP contribution is 2.71. The van der Waals surface area contributed by atoms with Crippen molar-refractivity contribution < 1.29 is 37.7 Å². The van der Waals surface area contributed by atoms with Gasteiger partial charge in [0.2, 0.25) is 5.12 Å². The number of allylic oxidation sites excluding steroid dienone is 4. The molecule has 0 bridgehead atoms. The molecule has 1 N–H and O–H groups in total. The van der Waals surface area contributed by atoms with Crippen LogP contribution in [0.3, 0.4) is 0 Å². The lowest BCUT2D eigenvalue weighted by Crippen LogP contribution is -2.70. The first-order chi connectivity index (χ1) is 16.8. The van der Waals surface area contributed by atoms with Gasteiger partial charge >= 0.3 is 5.97 Å². The molecular weight excluding hydrogens is 490 g/mol. The van der Waals surface area contributed by atoms with Crippen LogP contribution in [0.2, 0.25) is 0 Å². The molecule has 4 aliphatic carbocycles. The van der Waals surface area contributed by atoms with Crippen molar-refractivity contribution in [1.82, 2.24) is 0 Å². The minimum atomic E-state index is -2.28. The number of thiol groups is 1. The average Bonchev–Trinajstić information content (AvgIpc) is 3.05. The van der Waals surface area contributed by atoms with E-state index in [4.69, 9.17) is 9.47 Å². The largest absolute Gasteiger partial charge is 0.497 e. The Bertz CT molecular complexity index is 1160. The van der Waals surface area contributed by atoms with Gasteiger partial charge in [0.15, 0.2) is 17.1 Å². The number of hydrogen-bond acceptors (Lipinski definition) is 6. The van der Waals surface area contributed by atoms with Gasteiger partial charge in [0.25, 0.3) is 0 Å². The maximum absolute atomic E-state index is 17.3. The maximum Gasteiger partial charge on any atom is 0.339 e. The summed E-state index contributed by atoms with van der Waals surface area (Å²) < 4.78 is 44.0. The van der Waals surface area contributed by atoms with E-state index in [9.17, 15) is 19.5 Å². The van der Waals surface area contributed by atoms with Crippen molar-refractivity contribution >= 4 is 29.5 Å². The number of halogens is 2. The lowest BCUT2D eigenvalue weighted by Gasteiger charge is -2.63. The van der Waals surface area contributed by atoms with Crippen LogP contribution in [0.5, 0.6) is 0 Å². The van der Waals surface area contributed by atoms with E-state index in [0.717, 1.165) is 6.08 Å². The summed E-state index contributed by atoms with van der Waals surface area (Å²) in [7, 11) is 0. The molecule has 1 heterocycles. The van der Waals surface area contributed by atoms with Crippen molar-refractivity contribution in [1.29, 1.82) is 0 Å². The highest BCUT2D eigenvalue weighted by atomic mass is 32.1. The molecule has 1 aliphatic heterocycles. The minimum Gasteiger partial charge on any atom is -0.497 e. The third kappa shape index (κ3) is 3.01. The second-order valence-corrected chi connectivity index (χ2v) is 11.6. The molecule has 0 aromatic carbocycles. The molecule has 9 heteroatoms. The van der Waals surface area contributed by atoms with Crippen molar-refractivity contribution in [2.75, 3.05) is 6.61 Å². The molecule has 5 rings (SSSR count). The number of carbonyl (C=O) groups excluding carboxylic acids is 3. The van der Waals surface area contributed by atoms with Gasteiger partial charge in [-0.2, -0.15) is 0 Å². The summed E-state index contributed by atoms with van der Waals surface area (Å²) in [5, 5.41) is 10.8. The van der Waals surface area contributed by atoms with Crippen LogP contribution >= 0.6 is 12.6 Å². The van der Waals surface area contributed by atoms with Gasteiger partial charge < -0.3 is 14.6 Å². The number of aliphatic hydroxyl groups excluding tert-OH is 1. The summed E-state index contributed by atoms with van der Waals surface area (Å²) in [4.78, 5) is 38.4. The molecule has 3 saturated carbocycles. The zero-order valence-electron chi connectivity index (χ0n) is 20.4. The average molecular weight is 521 g/mol. The van der Waals surface area contributed by atoms with Crippen molar-refractivity contribution in [3.63, 3.8) is 0 Å². The molecule has 0 aromatic heterocycles. The number of rotatable bonds is 3. The van der Waals surface area contributed by atoms with Crippen molar-refractivity contribution in [3.8, 4) is 0 Å². The monoisotopic (exact) mass is 520 g/mol. The SMILES string of the molecule is C[C@@H]1C[C@H]2[C@@H]3C[C@H](F)C4=CC(=O)C=C[C@]4(C)[C@@]3(F)[C@@H](O)C[C@]2(C)[C@@]1(OC(=O)C1=CCOC=C1)C(=O)S. The van der Waals surface area contributed by atoms with Gasteiger partial charge in [-0.15, -0.1) is 12.6 Å².